The zero-order valence-corrected chi connectivity index (χ0v) is 24.1. The van der Waals surface area contributed by atoms with Crippen molar-refractivity contribution in [2.75, 3.05) is 13.2 Å². The number of nitrogens with zero attached hydrogens (tertiary/aromatic N) is 1. The molecule has 1 rings (SSSR count). The summed E-state index contributed by atoms with van der Waals surface area (Å²) in [5.41, 5.74) is 1.68. The lowest BCUT2D eigenvalue weighted by Crippen LogP contribution is -2.56. The Hall–Kier alpha value is -3.10. The number of rotatable bonds is 11. The van der Waals surface area contributed by atoms with Crippen molar-refractivity contribution >= 4 is 23.9 Å². The molecule has 0 heterocycles. The molecule has 0 spiro atoms. The van der Waals surface area contributed by atoms with E-state index < -0.39 is 41.6 Å². The Labute approximate surface area is 221 Å². The number of alkyl carbamates (subject to hydrolysis) is 1. The van der Waals surface area contributed by atoms with Gasteiger partial charge in [-0.1, -0.05) is 32.0 Å². The Morgan fingerprint density at radius 2 is 1.57 bits per heavy atom. The highest BCUT2D eigenvalue weighted by Gasteiger charge is 2.39. The van der Waals surface area contributed by atoms with Gasteiger partial charge in [0.05, 0.1) is 13.0 Å². The Kier molecular flexibility index (Phi) is 12.1. The molecule has 9 nitrogen and oxygen atoms in total. The van der Waals surface area contributed by atoms with E-state index in [4.69, 9.17) is 9.47 Å². The minimum absolute atomic E-state index is 0.0174. The van der Waals surface area contributed by atoms with Crippen LogP contribution in [0, 0.1) is 19.8 Å². The van der Waals surface area contributed by atoms with Gasteiger partial charge < -0.3 is 25.0 Å². The highest BCUT2D eigenvalue weighted by Crippen LogP contribution is 2.30. The first kappa shape index (κ1) is 31.9. The van der Waals surface area contributed by atoms with Gasteiger partial charge in [-0.05, 0) is 78.0 Å². The lowest BCUT2D eigenvalue weighted by Gasteiger charge is -2.39. The molecule has 0 aliphatic rings. The maximum atomic E-state index is 14.0. The Morgan fingerprint density at radius 3 is 2.03 bits per heavy atom. The molecule has 208 valence electrons. The molecular formula is C28H45N3O6. The van der Waals surface area contributed by atoms with Crippen LogP contribution in [0.15, 0.2) is 18.2 Å². The van der Waals surface area contributed by atoms with Crippen molar-refractivity contribution in [2.24, 2.45) is 5.92 Å². The van der Waals surface area contributed by atoms with Crippen LogP contribution in [0.25, 0.3) is 0 Å². The van der Waals surface area contributed by atoms with Crippen molar-refractivity contribution in [1.29, 1.82) is 0 Å². The highest BCUT2D eigenvalue weighted by molar-refractivity contribution is 5.93. The second-order valence-corrected chi connectivity index (χ2v) is 10.8. The molecule has 0 fully saturated rings. The van der Waals surface area contributed by atoms with Crippen LogP contribution in [0.1, 0.15) is 84.5 Å². The van der Waals surface area contributed by atoms with Gasteiger partial charge in [0.2, 0.25) is 11.8 Å². The number of nitrogens with one attached hydrogen (secondary N) is 2. The van der Waals surface area contributed by atoms with Crippen LogP contribution in [0.4, 0.5) is 4.79 Å². The minimum Gasteiger partial charge on any atom is -0.466 e. The smallest absolute Gasteiger partial charge is 0.408 e. The molecule has 0 aromatic heterocycles. The van der Waals surface area contributed by atoms with Crippen LogP contribution in [0.5, 0.6) is 0 Å². The van der Waals surface area contributed by atoms with Crippen LogP contribution in [-0.2, 0) is 23.9 Å². The minimum atomic E-state index is -0.974. The fourth-order valence-electron chi connectivity index (χ4n) is 4.06. The van der Waals surface area contributed by atoms with Crippen molar-refractivity contribution in [3.63, 3.8) is 0 Å². The molecular weight excluding hydrogens is 474 g/mol. The second-order valence-electron chi connectivity index (χ2n) is 10.8. The van der Waals surface area contributed by atoms with E-state index in [9.17, 15) is 19.2 Å². The summed E-state index contributed by atoms with van der Waals surface area (Å²) in [5, 5.41) is 5.52. The fraction of sp³-hybridized carbons (Fsp3) is 0.643. The van der Waals surface area contributed by atoms with Gasteiger partial charge in [0.25, 0.3) is 0 Å². The molecule has 2 atom stereocenters. The predicted octanol–water partition coefficient (Wildman–Crippen LogP) is 4.20. The van der Waals surface area contributed by atoms with Gasteiger partial charge in [-0.25, -0.2) is 4.79 Å². The monoisotopic (exact) mass is 519 g/mol. The third-order valence-electron chi connectivity index (χ3n) is 5.69. The third-order valence-corrected chi connectivity index (χ3v) is 5.69. The summed E-state index contributed by atoms with van der Waals surface area (Å²) in [5.74, 6) is -1.50. The SMILES string of the molecule is CCOC(=O)CCNC(=O)C(c1c(C)cccc1C)N(C(=O)C(NC(=O)OC(C)(C)C)C(C)C)C(C)C. The molecule has 9 heteroatoms. The maximum absolute atomic E-state index is 14.0. The molecule has 1 aromatic rings. The van der Waals surface area contributed by atoms with Gasteiger partial charge in [0, 0.05) is 12.6 Å². The summed E-state index contributed by atoms with van der Waals surface area (Å²) >= 11 is 0. The lowest BCUT2D eigenvalue weighted by atomic mass is 9.92. The summed E-state index contributed by atoms with van der Waals surface area (Å²) in [6.45, 7) is 18.4. The number of ether oxygens (including phenoxy) is 2. The standard InChI is InChI=1S/C28H45N3O6/c1-11-36-21(32)15-16-29-25(33)24(22-19(6)13-12-14-20(22)7)31(18(4)5)26(34)23(17(2)3)30-27(35)37-28(8,9)10/h12-14,17-18,23-24H,11,15-16H2,1-10H3,(H,29,33)(H,30,35). The normalized spacial score (nSPS) is 13.1. The van der Waals surface area contributed by atoms with E-state index in [0.29, 0.717) is 5.56 Å². The summed E-state index contributed by atoms with van der Waals surface area (Å²) in [7, 11) is 0. The van der Waals surface area contributed by atoms with E-state index in [1.54, 1.807) is 27.7 Å². The van der Waals surface area contributed by atoms with Crippen LogP contribution in [-0.4, -0.2) is 59.6 Å². The summed E-state index contributed by atoms with van der Waals surface area (Å²) < 4.78 is 10.3. The number of hydrogen-bond donors (Lipinski definition) is 2. The van der Waals surface area contributed by atoms with Crippen LogP contribution in [0.2, 0.25) is 0 Å². The van der Waals surface area contributed by atoms with Crippen molar-refractivity contribution in [1.82, 2.24) is 15.5 Å². The fourth-order valence-corrected chi connectivity index (χ4v) is 4.06. The van der Waals surface area contributed by atoms with Gasteiger partial charge in [-0.15, -0.1) is 0 Å². The first-order valence-electron chi connectivity index (χ1n) is 12.9. The van der Waals surface area contributed by atoms with Crippen molar-refractivity contribution < 1.29 is 28.7 Å². The van der Waals surface area contributed by atoms with E-state index >= 15 is 0 Å². The Balaban J connectivity index is 3.45. The number of carbonyl (C=O) groups excluding carboxylic acids is 4. The van der Waals surface area contributed by atoms with Crippen LogP contribution in [0.3, 0.4) is 0 Å². The zero-order chi connectivity index (χ0) is 28.5. The van der Waals surface area contributed by atoms with Gasteiger partial charge >= 0.3 is 12.1 Å². The predicted molar refractivity (Wildman–Crippen MR) is 143 cm³/mol. The third kappa shape index (κ3) is 9.70. The van der Waals surface area contributed by atoms with Gasteiger partial charge in [0.1, 0.15) is 17.7 Å². The topological polar surface area (TPSA) is 114 Å². The van der Waals surface area contributed by atoms with Crippen molar-refractivity contribution in [2.45, 2.75) is 99.4 Å². The molecule has 0 bridgehead atoms. The molecule has 0 saturated carbocycles. The van der Waals surface area contributed by atoms with Crippen LogP contribution < -0.4 is 10.6 Å². The molecule has 1 aromatic carbocycles. The van der Waals surface area contributed by atoms with Gasteiger partial charge in [0.15, 0.2) is 0 Å². The van der Waals surface area contributed by atoms with E-state index in [1.165, 1.54) is 4.90 Å². The van der Waals surface area contributed by atoms with Crippen LogP contribution >= 0.6 is 0 Å². The Morgan fingerprint density at radius 1 is 1.00 bits per heavy atom. The average Bonchev–Trinajstić information content (AvgIpc) is 2.74. The zero-order valence-electron chi connectivity index (χ0n) is 24.1. The van der Waals surface area contributed by atoms with E-state index in [2.05, 4.69) is 10.6 Å². The summed E-state index contributed by atoms with van der Waals surface area (Å²) in [6, 6.07) is 3.40. The molecule has 2 N–H and O–H groups in total. The first-order chi connectivity index (χ1) is 17.1. The lowest BCUT2D eigenvalue weighted by molar-refractivity contribution is -0.146. The summed E-state index contributed by atoms with van der Waals surface area (Å²) in [6.07, 6.45) is -0.686. The molecule has 2 unspecified atom stereocenters. The number of carbonyl (C=O) groups is 4. The molecule has 0 saturated heterocycles. The maximum Gasteiger partial charge on any atom is 0.408 e. The number of benzene rings is 1. The first-order valence-corrected chi connectivity index (χ1v) is 12.9. The molecule has 37 heavy (non-hydrogen) atoms. The molecule has 0 aliphatic heterocycles. The Bertz CT molecular complexity index is 931. The summed E-state index contributed by atoms with van der Waals surface area (Å²) in [4.78, 5) is 53.6. The second kappa shape index (κ2) is 14.0. The highest BCUT2D eigenvalue weighted by atomic mass is 16.6. The largest absolute Gasteiger partial charge is 0.466 e. The molecule has 0 radical (unpaired) electrons. The average molecular weight is 520 g/mol. The van der Waals surface area contributed by atoms with E-state index in [0.717, 1.165) is 11.1 Å². The van der Waals surface area contributed by atoms with E-state index in [1.807, 2.05) is 59.7 Å². The van der Waals surface area contributed by atoms with E-state index in [-0.39, 0.29) is 31.5 Å². The number of esters is 1. The number of aryl methyl sites for hydroxylation is 2. The van der Waals surface area contributed by atoms with Gasteiger partial charge in [-0.2, -0.15) is 0 Å². The number of amides is 3. The molecule has 3 amide bonds. The number of hydrogen-bond acceptors (Lipinski definition) is 6. The quantitative estimate of drug-likeness (QED) is 0.424. The van der Waals surface area contributed by atoms with Crippen molar-refractivity contribution in [3.05, 3.63) is 34.9 Å². The molecule has 0 aliphatic carbocycles. The van der Waals surface area contributed by atoms with Crippen molar-refractivity contribution in [3.8, 4) is 0 Å². The van der Waals surface area contributed by atoms with Gasteiger partial charge in [-0.3, -0.25) is 14.4 Å².